The summed E-state index contributed by atoms with van der Waals surface area (Å²) in [6.45, 7) is 0. The molecule has 0 aliphatic heterocycles. The van der Waals surface area contributed by atoms with E-state index in [2.05, 4.69) is 10.3 Å². The number of aromatic nitrogens is 1. The van der Waals surface area contributed by atoms with Crippen LogP contribution in [0.2, 0.25) is 0 Å². The molecule has 0 spiro atoms. The topological polar surface area (TPSA) is 59.1 Å². The van der Waals surface area contributed by atoms with Gasteiger partial charge in [-0.2, -0.15) is 0 Å². The Morgan fingerprint density at radius 2 is 1.96 bits per heavy atom. The van der Waals surface area contributed by atoms with Gasteiger partial charge in [0.15, 0.2) is 0 Å². The second-order valence-corrected chi connectivity index (χ2v) is 6.16. The summed E-state index contributed by atoms with van der Waals surface area (Å²) in [6, 6.07) is 9.71. The van der Waals surface area contributed by atoms with Gasteiger partial charge in [-0.1, -0.05) is 12.1 Å². The van der Waals surface area contributed by atoms with Crippen LogP contribution in [0.1, 0.15) is 36.0 Å². The van der Waals surface area contributed by atoms with Crippen LogP contribution in [0.25, 0.3) is 11.3 Å². The second-order valence-electron chi connectivity index (χ2n) is 6.16. The van der Waals surface area contributed by atoms with Crippen LogP contribution in [-0.2, 0) is 4.79 Å². The van der Waals surface area contributed by atoms with E-state index in [1.807, 2.05) is 0 Å². The van der Waals surface area contributed by atoms with Gasteiger partial charge in [0.05, 0.1) is 11.3 Å². The van der Waals surface area contributed by atoms with Gasteiger partial charge >= 0.3 is 0 Å². The minimum absolute atomic E-state index is 0.108. The van der Waals surface area contributed by atoms with Crippen molar-refractivity contribution >= 4 is 12.2 Å². The molecule has 0 saturated heterocycles. The summed E-state index contributed by atoms with van der Waals surface area (Å²) in [5, 5.41) is 2.99. The molecule has 3 rings (SSSR count). The first-order chi connectivity index (χ1) is 11.7. The Morgan fingerprint density at radius 1 is 1.17 bits per heavy atom. The highest BCUT2D eigenvalue weighted by molar-refractivity contribution is 5.94. The Bertz CT molecular complexity index is 722. The molecular formula is C19H19FN2O2. The summed E-state index contributed by atoms with van der Waals surface area (Å²) < 4.78 is 13.3. The lowest BCUT2D eigenvalue weighted by Gasteiger charge is -2.26. The summed E-state index contributed by atoms with van der Waals surface area (Å²) in [5.41, 5.74) is 1.78. The van der Waals surface area contributed by atoms with Crippen LogP contribution in [0.4, 0.5) is 4.39 Å². The van der Waals surface area contributed by atoms with E-state index < -0.39 is 0 Å². The molecule has 5 heteroatoms. The molecule has 1 amide bonds. The van der Waals surface area contributed by atoms with E-state index >= 15 is 0 Å². The lowest BCUT2D eigenvalue weighted by Crippen LogP contribution is -2.37. The normalized spacial score (nSPS) is 20.4. The summed E-state index contributed by atoms with van der Waals surface area (Å²) >= 11 is 0. The zero-order valence-electron chi connectivity index (χ0n) is 13.2. The van der Waals surface area contributed by atoms with E-state index in [0.29, 0.717) is 16.8 Å². The maximum Gasteiger partial charge on any atom is 0.253 e. The van der Waals surface area contributed by atoms with Crippen LogP contribution in [0, 0.1) is 11.7 Å². The fraction of sp³-hybridized carbons (Fsp3) is 0.316. The van der Waals surface area contributed by atoms with Crippen molar-refractivity contribution < 1.29 is 14.0 Å². The largest absolute Gasteiger partial charge is 0.349 e. The molecule has 1 saturated carbocycles. The third-order valence-corrected chi connectivity index (χ3v) is 4.45. The van der Waals surface area contributed by atoms with Crippen molar-refractivity contribution in [2.45, 2.75) is 31.7 Å². The zero-order chi connectivity index (χ0) is 16.9. The van der Waals surface area contributed by atoms with Crippen LogP contribution in [0.15, 0.2) is 42.6 Å². The standard InChI is InChI=1S/C19H19FN2O2/c20-16-3-1-2-14(10-16)18-9-6-15(11-21-18)19(24)22-17-7-4-13(12-23)5-8-17/h1-3,6,9-13,17H,4-5,7-8H2,(H,22,24). The van der Waals surface area contributed by atoms with Gasteiger partial charge in [-0.25, -0.2) is 4.39 Å². The predicted octanol–water partition coefficient (Wildman–Crippen LogP) is 3.38. The van der Waals surface area contributed by atoms with E-state index in [1.165, 1.54) is 18.3 Å². The van der Waals surface area contributed by atoms with Gasteiger partial charge in [0.25, 0.3) is 5.91 Å². The molecule has 1 aromatic heterocycles. The van der Waals surface area contributed by atoms with E-state index in [-0.39, 0.29) is 23.7 Å². The number of pyridine rings is 1. The van der Waals surface area contributed by atoms with Gasteiger partial charge in [0.2, 0.25) is 0 Å². The monoisotopic (exact) mass is 326 g/mol. The quantitative estimate of drug-likeness (QED) is 0.876. The van der Waals surface area contributed by atoms with Crippen molar-refractivity contribution in [3.05, 3.63) is 54.0 Å². The average Bonchev–Trinajstić information content (AvgIpc) is 2.62. The first kappa shape index (κ1) is 16.3. The fourth-order valence-electron chi connectivity index (χ4n) is 3.02. The van der Waals surface area contributed by atoms with E-state index in [1.54, 1.807) is 24.3 Å². The average molecular weight is 326 g/mol. The van der Waals surface area contributed by atoms with Crippen molar-refractivity contribution in [1.82, 2.24) is 10.3 Å². The number of aldehydes is 1. The highest BCUT2D eigenvalue weighted by Crippen LogP contribution is 2.23. The summed E-state index contributed by atoms with van der Waals surface area (Å²) in [6.07, 6.45) is 5.81. The predicted molar refractivity (Wildman–Crippen MR) is 88.9 cm³/mol. The van der Waals surface area contributed by atoms with Crippen molar-refractivity contribution in [3.8, 4) is 11.3 Å². The van der Waals surface area contributed by atoms with Gasteiger partial charge in [0.1, 0.15) is 12.1 Å². The summed E-state index contributed by atoms with van der Waals surface area (Å²) in [5.74, 6) is -0.352. The number of halogens is 1. The molecule has 24 heavy (non-hydrogen) atoms. The van der Waals surface area contributed by atoms with E-state index in [9.17, 15) is 14.0 Å². The van der Waals surface area contributed by atoms with Gasteiger partial charge in [0, 0.05) is 23.7 Å². The molecule has 1 fully saturated rings. The molecule has 1 aromatic carbocycles. The number of amides is 1. The first-order valence-electron chi connectivity index (χ1n) is 8.14. The SMILES string of the molecule is O=CC1CCC(NC(=O)c2ccc(-c3cccc(F)c3)nc2)CC1. The van der Waals surface area contributed by atoms with Crippen molar-refractivity contribution in [1.29, 1.82) is 0 Å². The number of hydrogen-bond donors (Lipinski definition) is 1. The zero-order valence-corrected chi connectivity index (χ0v) is 13.2. The van der Waals surface area contributed by atoms with Crippen LogP contribution >= 0.6 is 0 Å². The van der Waals surface area contributed by atoms with Crippen molar-refractivity contribution in [2.24, 2.45) is 5.92 Å². The Kier molecular flexibility index (Phi) is 4.99. The highest BCUT2D eigenvalue weighted by Gasteiger charge is 2.22. The number of nitrogens with zero attached hydrogens (tertiary/aromatic N) is 1. The number of carbonyl (C=O) groups excluding carboxylic acids is 2. The summed E-state index contributed by atoms with van der Waals surface area (Å²) in [7, 11) is 0. The molecule has 1 heterocycles. The number of carbonyl (C=O) groups is 2. The highest BCUT2D eigenvalue weighted by atomic mass is 19.1. The van der Waals surface area contributed by atoms with Crippen LogP contribution < -0.4 is 5.32 Å². The molecule has 0 unspecified atom stereocenters. The van der Waals surface area contributed by atoms with Gasteiger partial charge in [-0.05, 0) is 49.9 Å². The van der Waals surface area contributed by atoms with E-state index in [0.717, 1.165) is 32.0 Å². The van der Waals surface area contributed by atoms with Crippen molar-refractivity contribution in [3.63, 3.8) is 0 Å². The Labute approximate surface area is 140 Å². The number of nitrogens with one attached hydrogen (secondary N) is 1. The maximum atomic E-state index is 13.3. The molecule has 1 N–H and O–H groups in total. The third kappa shape index (κ3) is 3.85. The number of rotatable bonds is 4. The second kappa shape index (κ2) is 7.34. The molecule has 4 nitrogen and oxygen atoms in total. The minimum Gasteiger partial charge on any atom is -0.349 e. The third-order valence-electron chi connectivity index (χ3n) is 4.45. The van der Waals surface area contributed by atoms with Crippen molar-refractivity contribution in [2.75, 3.05) is 0 Å². The summed E-state index contributed by atoms with van der Waals surface area (Å²) in [4.78, 5) is 27.3. The molecule has 0 radical (unpaired) electrons. The molecule has 0 bridgehead atoms. The molecular weight excluding hydrogens is 307 g/mol. The van der Waals surface area contributed by atoms with Crippen LogP contribution in [-0.4, -0.2) is 23.2 Å². The lowest BCUT2D eigenvalue weighted by molar-refractivity contribution is -0.111. The lowest BCUT2D eigenvalue weighted by atomic mass is 9.87. The number of benzene rings is 1. The molecule has 124 valence electrons. The van der Waals surface area contributed by atoms with Gasteiger partial charge in [-0.15, -0.1) is 0 Å². The Balaban J connectivity index is 1.63. The molecule has 1 aliphatic rings. The smallest absolute Gasteiger partial charge is 0.253 e. The maximum absolute atomic E-state index is 13.3. The Morgan fingerprint density at radius 3 is 2.58 bits per heavy atom. The van der Waals surface area contributed by atoms with Crippen LogP contribution in [0.3, 0.4) is 0 Å². The first-order valence-corrected chi connectivity index (χ1v) is 8.14. The van der Waals surface area contributed by atoms with Gasteiger partial charge < -0.3 is 10.1 Å². The number of hydrogen-bond acceptors (Lipinski definition) is 3. The Hall–Kier alpha value is -2.56. The molecule has 2 aromatic rings. The van der Waals surface area contributed by atoms with E-state index in [4.69, 9.17) is 0 Å². The van der Waals surface area contributed by atoms with Gasteiger partial charge in [-0.3, -0.25) is 9.78 Å². The minimum atomic E-state index is -0.318. The molecule has 1 aliphatic carbocycles. The fourth-order valence-corrected chi connectivity index (χ4v) is 3.02. The van der Waals surface area contributed by atoms with Crippen LogP contribution in [0.5, 0.6) is 0 Å². The molecule has 0 atom stereocenters.